The second-order valence-corrected chi connectivity index (χ2v) is 14.8. The summed E-state index contributed by atoms with van der Waals surface area (Å²) in [6.45, 7) is 14.9. The molecule has 2 fully saturated rings. The van der Waals surface area contributed by atoms with Crippen molar-refractivity contribution < 1.29 is 28.6 Å². The SMILES string of the molecule is [B][C@@H]1[C@@H](C)C(=O)[C@@H](C)C(=O)O[C@H](CC)[C@@]2(C)OC(=O)N(CCCCn3cc(-c4cccc(N)c4)nn3)[C@]2(CC)N(C)CC[C@@H](C)C[C@@]1(C)OC. The molecular formula is C37H57BN6O6. The molecular weight excluding hydrogens is 635 g/mol. The summed E-state index contributed by atoms with van der Waals surface area (Å²) in [5.74, 6) is -3.12. The quantitative estimate of drug-likeness (QED) is 0.118. The van der Waals surface area contributed by atoms with Crippen molar-refractivity contribution in [1.82, 2.24) is 24.8 Å². The molecule has 50 heavy (non-hydrogen) atoms. The van der Waals surface area contributed by atoms with Gasteiger partial charge in [-0.25, -0.2) is 4.79 Å². The Hall–Kier alpha value is -3.45. The van der Waals surface area contributed by atoms with Gasteiger partial charge in [0.25, 0.3) is 0 Å². The second kappa shape index (κ2) is 15.8. The number of Topliss-reactive ketones (excluding diaryl/α,β-unsaturated/α-hetero) is 1. The predicted molar refractivity (Wildman–Crippen MR) is 193 cm³/mol. The van der Waals surface area contributed by atoms with E-state index in [0.29, 0.717) is 51.0 Å². The Labute approximate surface area is 299 Å². The number of anilines is 1. The van der Waals surface area contributed by atoms with Crippen LogP contribution in [0.4, 0.5) is 10.5 Å². The molecule has 274 valence electrons. The first-order chi connectivity index (χ1) is 23.6. The molecule has 1 amide bonds. The highest BCUT2D eigenvalue weighted by atomic mass is 16.6. The van der Waals surface area contributed by atoms with Crippen molar-refractivity contribution in [3.05, 3.63) is 30.5 Å². The van der Waals surface area contributed by atoms with Crippen LogP contribution in [0, 0.1) is 17.8 Å². The standard InChI is InChI=1S/C37H57BN6O6/c1-10-30-36(7)37(11-2,42(8)20-17-24(3)22-35(6,48-9)32(38)25(4)31(45)26(5)33(46)49-30)44(34(47)50-36)19-13-12-18-43-23-29(40-41-43)27-15-14-16-28(39)21-27/h14-16,21,23-26,30,32H,10-13,17-20,22,39H2,1-9H3/t24-,25+,26-,30-,32-,35-,36-,37+/m1/s1. The molecule has 3 heterocycles. The zero-order valence-electron chi connectivity index (χ0n) is 31.5. The van der Waals surface area contributed by atoms with Crippen LogP contribution >= 0.6 is 0 Å². The number of fused-ring (bicyclic) bond motifs is 1. The molecule has 8 atom stereocenters. The topological polar surface area (TPSA) is 142 Å². The first-order valence-corrected chi connectivity index (χ1v) is 18.1. The minimum absolute atomic E-state index is 0.171. The third kappa shape index (κ3) is 7.44. The largest absolute Gasteiger partial charge is 0.457 e. The third-order valence-electron chi connectivity index (χ3n) is 11.5. The van der Waals surface area contributed by atoms with Crippen molar-refractivity contribution in [2.24, 2.45) is 17.8 Å². The maximum absolute atomic E-state index is 13.9. The van der Waals surface area contributed by atoms with E-state index in [-0.39, 0.29) is 11.7 Å². The Balaban J connectivity index is 1.62. The molecule has 2 radical (unpaired) electrons. The lowest BCUT2D eigenvalue weighted by atomic mass is 9.62. The number of carbonyl (C=O) groups is 3. The molecule has 1 aromatic carbocycles. The number of carbonyl (C=O) groups excluding carboxylic acids is 3. The van der Waals surface area contributed by atoms with E-state index in [9.17, 15) is 14.4 Å². The molecule has 2 aliphatic rings. The summed E-state index contributed by atoms with van der Waals surface area (Å²) >= 11 is 0. The highest BCUT2D eigenvalue weighted by Gasteiger charge is 2.67. The zero-order chi connectivity index (χ0) is 37.0. The number of amides is 1. The van der Waals surface area contributed by atoms with Crippen molar-refractivity contribution >= 4 is 31.4 Å². The third-order valence-corrected chi connectivity index (χ3v) is 11.5. The van der Waals surface area contributed by atoms with Crippen LogP contribution in [0.1, 0.15) is 87.0 Å². The van der Waals surface area contributed by atoms with E-state index in [1.165, 1.54) is 0 Å². The average molecular weight is 693 g/mol. The van der Waals surface area contributed by atoms with Gasteiger partial charge in [0.1, 0.15) is 29.2 Å². The van der Waals surface area contributed by atoms with Crippen LogP contribution in [0.2, 0.25) is 5.82 Å². The Bertz CT molecular complexity index is 1510. The molecule has 12 nitrogen and oxygen atoms in total. The highest BCUT2D eigenvalue weighted by Crippen LogP contribution is 2.48. The molecule has 13 heteroatoms. The van der Waals surface area contributed by atoms with E-state index in [4.69, 9.17) is 27.8 Å². The maximum Gasteiger partial charge on any atom is 0.412 e. The average Bonchev–Trinajstić information content (AvgIpc) is 3.66. The number of methoxy groups -OCH3 is 1. The number of ether oxygens (including phenoxy) is 3. The first-order valence-electron chi connectivity index (χ1n) is 18.1. The number of nitrogens with zero attached hydrogens (tertiary/aromatic N) is 5. The summed E-state index contributed by atoms with van der Waals surface area (Å²) in [6.07, 6.45) is 4.34. The van der Waals surface area contributed by atoms with Crippen LogP contribution in [-0.2, 0) is 30.3 Å². The molecule has 2 N–H and O–H groups in total. The lowest BCUT2D eigenvalue weighted by molar-refractivity contribution is -0.189. The summed E-state index contributed by atoms with van der Waals surface area (Å²) in [6, 6.07) is 7.53. The number of rotatable bonds is 9. The van der Waals surface area contributed by atoms with Gasteiger partial charge in [-0.15, -0.1) is 5.10 Å². The van der Waals surface area contributed by atoms with Crippen molar-refractivity contribution in [2.75, 3.05) is 33.0 Å². The number of ketones is 1. The fourth-order valence-corrected chi connectivity index (χ4v) is 8.31. The minimum Gasteiger partial charge on any atom is -0.457 e. The maximum atomic E-state index is 13.9. The molecule has 0 spiro atoms. The number of likely N-dealkylation sites (N-methyl/N-ethyl adjacent to an activating group) is 1. The monoisotopic (exact) mass is 692 g/mol. The van der Waals surface area contributed by atoms with Crippen molar-refractivity contribution in [3.63, 3.8) is 0 Å². The molecule has 0 bridgehead atoms. The van der Waals surface area contributed by atoms with Crippen molar-refractivity contribution in [2.45, 2.75) is 122 Å². The normalized spacial score (nSPS) is 33.3. The van der Waals surface area contributed by atoms with E-state index >= 15 is 0 Å². The van der Waals surface area contributed by atoms with E-state index < -0.39 is 52.7 Å². The molecule has 0 aliphatic carbocycles. The summed E-state index contributed by atoms with van der Waals surface area (Å²) in [7, 11) is 10.3. The molecule has 2 aliphatic heterocycles. The highest BCUT2D eigenvalue weighted by molar-refractivity contribution is 6.15. The van der Waals surface area contributed by atoms with Gasteiger partial charge in [0, 0.05) is 43.9 Å². The summed E-state index contributed by atoms with van der Waals surface area (Å²) in [4.78, 5) is 45.3. The number of aromatic nitrogens is 3. The molecule has 0 unspecified atom stereocenters. The second-order valence-electron chi connectivity index (χ2n) is 14.8. The number of aryl methyl sites for hydroxylation is 1. The van der Waals surface area contributed by atoms with Crippen molar-refractivity contribution in [3.8, 4) is 11.3 Å². The fourth-order valence-electron chi connectivity index (χ4n) is 8.31. The predicted octanol–water partition coefficient (Wildman–Crippen LogP) is 5.51. The Morgan fingerprint density at radius 1 is 1.10 bits per heavy atom. The number of benzene rings is 1. The molecule has 4 rings (SSSR count). The molecule has 1 aromatic heterocycles. The van der Waals surface area contributed by atoms with Gasteiger partial charge in [-0.3, -0.25) is 24.1 Å². The van der Waals surface area contributed by atoms with Gasteiger partial charge >= 0.3 is 12.1 Å². The number of hydrogen-bond acceptors (Lipinski definition) is 10. The Kier molecular flexibility index (Phi) is 12.5. The lowest BCUT2D eigenvalue weighted by Gasteiger charge is -2.52. The van der Waals surface area contributed by atoms with Gasteiger partial charge in [0.15, 0.2) is 5.60 Å². The van der Waals surface area contributed by atoms with Crippen LogP contribution in [0.3, 0.4) is 0 Å². The Morgan fingerprint density at radius 3 is 2.44 bits per heavy atom. The smallest absolute Gasteiger partial charge is 0.412 e. The number of nitrogen functional groups attached to an aromatic ring is 1. The summed E-state index contributed by atoms with van der Waals surface area (Å²) < 4.78 is 20.3. The van der Waals surface area contributed by atoms with Gasteiger partial charge in [-0.1, -0.05) is 45.0 Å². The van der Waals surface area contributed by atoms with Crippen LogP contribution in [0.15, 0.2) is 30.5 Å². The summed E-state index contributed by atoms with van der Waals surface area (Å²) in [5.41, 5.74) is 5.28. The van der Waals surface area contributed by atoms with E-state index in [1.807, 2.05) is 70.1 Å². The lowest BCUT2D eigenvalue weighted by Crippen LogP contribution is -2.70. The van der Waals surface area contributed by atoms with Gasteiger partial charge in [-0.05, 0) is 90.2 Å². The number of hydrogen-bond donors (Lipinski definition) is 1. The summed E-state index contributed by atoms with van der Waals surface area (Å²) in [5, 5.41) is 8.61. The van der Waals surface area contributed by atoms with Crippen molar-refractivity contribution in [1.29, 1.82) is 0 Å². The molecule has 2 saturated heterocycles. The van der Waals surface area contributed by atoms with Gasteiger partial charge < -0.3 is 19.9 Å². The zero-order valence-corrected chi connectivity index (χ0v) is 31.5. The number of cyclic esters (lactones) is 1. The Morgan fingerprint density at radius 2 is 1.80 bits per heavy atom. The van der Waals surface area contributed by atoms with E-state index in [2.05, 4.69) is 22.1 Å². The number of nitrogens with two attached hydrogens (primary N) is 1. The number of esters is 1. The van der Waals surface area contributed by atoms with Crippen LogP contribution < -0.4 is 5.73 Å². The van der Waals surface area contributed by atoms with Gasteiger partial charge in [-0.2, -0.15) is 0 Å². The van der Waals surface area contributed by atoms with Gasteiger partial charge in [0.05, 0.1) is 19.6 Å². The van der Waals surface area contributed by atoms with Crippen LogP contribution in [0.25, 0.3) is 11.3 Å². The minimum atomic E-state index is -1.23. The fraction of sp³-hybridized carbons (Fsp3) is 0.703. The van der Waals surface area contributed by atoms with E-state index in [0.717, 1.165) is 24.1 Å². The molecule has 0 saturated carbocycles. The first kappa shape index (κ1) is 39.3. The van der Waals surface area contributed by atoms with Crippen LogP contribution in [0.5, 0.6) is 0 Å². The van der Waals surface area contributed by atoms with Crippen LogP contribution in [-0.4, -0.2) is 101 Å². The number of unbranched alkanes of at least 4 members (excludes halogenated alkanes) is 1. The molecule has 2 aromatic rings. The van der Waals surface area contributed by atoms with E-state index in [1.54, 1.807) is 25.6 Å². The van der Waals surface area contributed by atoms with Gasteiger partial charge in [0.2, 0.25) is 0 Å².